The Morgan fingerprint density at radius 1 is 1.43 bits per heavy atom. The molecule has 1 aromatic rings. The highest BCUT2D eigenvalue weighted by Gasteiger charge is 2.16. The average Bonchev–Trinajstić information content (AvgIpc) is 2.72. The van der Waals surface area contributed by atoms with Gasteiger partial charge in [-0.2, -0.15) is 0 Å². The molecule has 0 bridgehead atoms. The summed E-state index contributed by atoms with van der Waals surface area (Å²) >= 11 is 1.19. The fourth-order valence-electron chi connectivity index (χ4n) is 0.968. The average molecular weight is 314 g/mol. The number of amides is 1. The Morgan fingerprint density at radius 2 is 2.00 bits per heavy atom. The molecule has 0 aliphatic heterocycles. The lowest BCUT2D eigenvalue weighted by atomic mass is 10.2. The van der Waals surface area contributed by atoms with Crippen LogP contribution in [0, 0.1) is 0 Å². The van der Waals surface area contributed by atoms with Crippen LogP contribution in [-0.4, -0.2) is 27.8 Å². The van der Waals surface area contributed by atoms with Crippen molar-refractivity contribution in [1.29, 1.82) is 0 Å². The second-order valence-corrected chi connectivity index (χ2v) is 5.94. The van der Waals surface area contributed by atoms with Crippen LogP contribution in [0.1, 0.15) is 46.7 Å². The van der Waals surface area contributed by atoms with Gasteiger partial charge in [0.1, 0.15) is 5.60 Å². The summed E-state index contributed by atoms with van der Waals surface area (Å²) in [6, 6.07) is 0. The molecule has 0 atom stereocenters. The van der Waals surface area contributed by atoms with Crippen molar-refractivity contribution in [3.63, 3.8) is 0 Å². The van der Waals surface area contributed by atoms with Crippen molar-refractivity contribution in [2.75, 3.05) is 5.32 Å². The van der Waals surface area contributed by atoms with Crippen LogP contribution in [0.3, 0.4) is 0 Å². The number of rotatable bonds is 3. The number of carboxylic acids is 1. The lowest BCUT2D eigenvalue weighted by Gasteiger charge is -2.18. The first kappa shape index (κ1) is 19.1. The summed E-state index contributed by atoms with van der Waals surface area (Å²) in [6.45, 7) is 9.53. The zero-order valence-electron chi connectivity index (χ0n) is 13.0. The van der Waals surface area contributed by atoms with E-state index in [0.29, 0.717) is 10.8 Å². The number of hydrogen-bond acceptors (Lipinski definition) is 5. The third-order valence-electron chi connectivity index (χ3n) is 1.53. The molecule has 0 aliphatic rings. The number of hydrogen-bond donors (Lipinski definition) is 2. The first-order chi connectivity index (χ1) is 9.67. The van der Waals surface area contributed by atoms with E-state index in [4.69, 9.17) is 9.84 Å². The topological polar surface area (TPSA) is 88.5 Å². The number of nitrogens with zero attached hydrogens (tertiary/aromatic N) is 1. The van der Waals surface area contributed by atoms with Crippen LogP contribution >= 0.6 is 11.3 Å². The highest BCUT2D eigenvalue weighted by molar-refractivity contribution is 7.14. The number of nitrogens with one attached hydrogen (secondary N) is 1. The Kier molecular flexibility index (Phi) is 8.30. The summed E-state index contributed by atoms with van der Waals surface area (Å²) in [6.07, 6.45) is 2.98. The van der Waals surface area contributed by atoms with Crippen molar-refractivity contribution in [3.05, 3.63) is 17.2 Å². The molecule has 118 valence electrons. The summed E-state index contributed by atoms with van der Waals surface area (Å²) in [5, 5.41) is 12.9. The molecule has 1 heterocycles. The van der Waals surface area contributed by atoms with Gasteiger partial charge in [-0.25, -0.2) is 14.6 Å². The molecule has 1 amide bonds. The van der Waals surface area contributed by atoms with Gasteiger partial charge >= 0.3 is 12.1 Å². The SMILES string of the molecule is CC(C)(C)OC(=O)Nc1nc(/C=C/C(=O)O)cs1.CCC. The van der Waals surface area contributed by atoms with Crippen LogP contribution in [0.2, 0.25) is 0 Å². The lowest BCUT2D eigenvalue weighted by Crippen LogP contribution is -2.27. The Hall–Kier alpha value is -1.89. The van der Waals surface area contributed by atoms with Crippen LogP contribution in [0.15, 0.2) is 11.5 Å². The van der Waals surface area contributed by atoms with Crippen molar-refractivity contribution < 1.29 is 19.4 Å². The minimum Gasteiger partial charge on any atom is -0.478 e. The number of aromatic nitrogens is 1. The molecule has 6 nitrogen and oxygen atoms in total. The van der Waals surface area contributed by atoms with Crippen LogP contribution in [0.5, 0.6) is 0 Å². The Morgan fingerprint density at radius 3 is 2.48 bits per heavy atom. The van der Waals surface area contributed by atoms with Crippen molar-refractivity contribution in [2.24, 2.45) is 0 Å². The molecule has 0 unspecified atom stereocenters. The lowest BCUT2D eigenvalue weighted by molar-refractivity contribution is -0.131. The predicted octanol–water partition coefficient (Wildman–Crippen LogP) is 4.00. The first-order valence-corrected chi connectivity index (χ1v) is 7.42. The third-order valence-corrected chi connectivity index (χ3v) is 2.30. The van der Waals surface area contributed by atoms with E-state index in [1.165, 1.54) is 23.8 Å². The van der Waals surface area contributed by atoms with Crippen molar-refractivity contribution in [2.45, 2.75) is 46.6 Å². The van der Waals surface area contributed by atoms with Gasteiger partial charge in [0.05, 0.1) is 5.69 Å². The summed E-state index contributed by atoms with van der Waals surface area (Å²) in [7, 11) is 0. The maximum absolute atomic E-state index is 11.4. The second-order valence-electron chi connectivity index (χ2n) is 5.08. The van der Waals surface area contributed by atoms with Crippen LogP contribution in [0.4, 0.5) is 9.93 Å². The van der Waals surface area contributed by atoms with Gasteiger partial charge in [-0.1, -0.05) is 20.3 Å². The molecule has 0 saturated carbocycles. The molecule has 21 heavy (non-hydrogen) atoms. The van der Waals surface area contributed by atoms with Gasteiger partial charge < -0.3 is 9.84 Å². The van der Waals surface area contributed by atoms with E-state index in [2.05, 4.69) is 24.1 Å². The Balaban J connectivity index is 0.00000122. The van der Waals surface area contributed by atoms with E-state index in [1.807, 2.05) is 0 Å². The monoisotopic (exact) mass is 314 g/mol. The molecule has 0 spiro atoms. The standard InChI is InChI=1S/C11H14N2O4S.C3H8/c1-11(2,3)17-10(16)13-9-12-7(6-18-9)4-5-8(14)15;1-3-2/h4-6H,1-3H3,(H,14,15)(H,12,13,16);3H2,1-2H3/b5-4+;. The maximum Gasteiger partial charge on any atom is 0.413 e. The molecule has 1 aromatic heterocycles. The summed E-state index contributed by atoms with van der Waals surface area (Å²) in [4.78, 5) is 25.7. The highest BCUT2D eigenvalue weighted by Crippen LogP contribution is 2.17. The Labute approximate surface area is 128 Å². The molecule has 0 saturated heterocycles. The van der Waals surface area contributed by atoms with E-state index in [0.717, 1.165) is 6.08 Å². The highest BCUT2D eigenvalue weighted by atomic mass is 32.1. The maximum atomic E-state index is 11.4. The van der Waals surface area contributed by atoms with Crippen molar-refractivity contribution in [3.8, 4) is 0 Å². The van der Waals surface area contributed by atoms with Crippen LogP contribution < -0.4 is 5.32 Å². The largest absolute Gasteiger partial charge is 0.478 e. The van der Waals surface area contributed by atoms with E-state index >= 15 is 0 Å². The van der Waals surface area contributed by atoms with Gasteiger partial charge in [-0.3, -0.25) is 5.32 Å². The quantitative estimate of drug-likeness (QED) is 0.823. The van der Waals surface area contributed by atoms with E-state index in [1.54, 1.807) is 26.2 Å². The van der Waals surface area contributed by atoms with Gasteiger partial charge in [0.25, 0.3) is 0 Å². The summed E-state index contributed by atoms with van der Waals surface area (Å²) < 4.78 is 5.05. The molecule has 1 rings (SSSR count). The Bertz CT molecular complexity index is 489. The van der Waals surface area contributed by atoms with Gasteiger partial charge in [0, 0.05) is 11.5 Å². The van der Waals surface area contributed by atoms with Gasteiger partial charge in [-0.05, 0) is 26.8 Å². The zero-order chi connectivity index (χ0) is 16.5. The van der Waals surface area contributed by atoms with E-state index in [-0.39, 0.29) is 0 Å². The van der Waals surface area contributed by atoms with E-state index in [9.17, 15) is 9.59 Å². The van der Waals surface area contributed by atoms with Crippen molar-refractivity contribution in [1.82, 2.24) is 4.98 Å². The molecule has 7 heteroatoms. The first-order valence-electron chi connectivity index (χ1n) is 6.54. The summed E-state index contributed by atoms with van der Waals surface area (Å²) in [5.41, 5.74) is -0.110. The fourth-order valence-corrected chi connectivity index (χ4v) is 1.63. The van der Waals surface area contributed by atoms with Gasteiger partial charge in [0.15, 0.2) is 5.13 Å². The summed E-state index contributed by atoms with van der Waals surface area (Å²) in [5.74, 6) is -1.05. The van der Waals surface area contributed by atoms with E-state index < -0.39 is 17.7 Å². The van der Waals surface area contributed by atoms with Gasteiger partial charge in [-0.15, -0.1) is 11.3 Å². The molecule has 0 aromatic carbocycles. The minimum atomic E-state index is -1.05. The van der Waals surface area contributed by atoms with Gasteiger partial charge in [0.2, 0.25) is 0 Å². The number of carbonyl (C=O) groups excluding carboxylic acids is 1. The normalized spacial score (nSPS) is 10.7. The number of aliphatic carboxylic acids is 1. The molecular formula is C14H22N2O4S. The smallest absolute Gasteiger partial charge is 0.413 e. The zero-order valence-corrected chi connectivity index (χ0v) is 13.8. The number of carbonyl (C=O) groups is 2. The molecule has 0 fully saturated rings. The molecule has 0 aliphatic carbocycles. The third kappa shape index (κ3) is 10.5. The number of thiazole rings is 1. The molecular weight excluding hydrogens is 292 g/mol. The molecule has 0 radical (unpaired) electrons. The van der Waals surface area contributed by atoms with Crippen molar-refractivity contribution >= 4 is 34.6 Å². The predicted molar refractivity (Wildman–Crippen MR) is 84.6 cm³/mol. The number of carboxylic acid groups (broad SMARTS) is 1. The molecule has 2 N–H and O–H groups in total. The van der Waals surface area contributed by atoms with Crippen LogP contribution in [-0.2, 0) is 9.53 Å². The fraction of sp³-hybridized carbons (Fsp3) is 0.500. The van der Waals surface area contributed by atoms with Crippen LogP contribution in [0.25, 0.3) is 6.08 Å². The number of anilines is 1. The number of ether oxygens (including phenoxy) is 1. The second kappa shape index (κ2) is 9.12. The minimum absolute atomic E-state index is 0.356.